The molecule has 1 aromatic carbocycles. The van der Waals surface area contributed by atoms with Crippen molar-refractivity contribution in [2.45, 2.75) is 44.6 Å². The van der Waals surface area contributed by atoms with Gasteiger partial charge in [-0.1, -0.05) is 31.4 Å². The lowest BCUT2D eigenvalue weighted by Gasteiger charge is -2.24. The van der Waals surface area contributed by atoms with E-state index in [2.05, 4.69) is 31.2 Å². The van der Waals surface area contributed by atoms with Gasteiger partial charge >= 0.3 is 0 Å². The zero-order chi connectivity index (χ0) is 31.2. The molecule has 3 aliphatic heterocycles. The molecule has 2 fully saturated rings. The summed E-state index contributed by atoms with van der Waals surface area (Å²) in [5, 5.41) is 13.7. The summed E-state index contributed by atoms with van der Waals surface area (Å²) in [4.78, 5) is 26.9. The zero-order valence-corrected chi connectivity index (χ0v) is 25.4. The normalized spacial score (nSPS) is 20.6. The van der Waals surface area contributed by atoms with Crippen LogP contribution >= 0.6 is 0 Å². The van der Waals surface area contributed by atoms with E-state index in [1.165, 1.54) is 12.5 Å². The van der Waals surface area contributed by atoms with Crippen molar-refractivity contribution in [1.82, 2.24) is 20.6 Å². The van der Waals surface area contributed by atoms with Gasteiger partial charge in [0.15, 0.2) is 0 Å². The molecule has 2 aromatic heterocycles. The SMILES string of the molecule is NC1=CC=C(c2ccccn2)C2=C(C1)NC(C1=NCCNc3cc(F)c(-c4cncc(NC(=O)C5CCCCC5)c4)cc31)=C1NC12. The van der Waals surface area contributed by atoms with E-state index >= 15 is 4.39 Å². The highest BCUT2D eigenvalue weighted by Crippen LogP contribution is 2.44. The van der Waals surface area contributed by atoms with Crippen LogP contribution in [-0.2, 0) is 4.79 Å². The summed E-state index contributed by atoms with van der Waals surface area (Å²) in [7, 11) is 0. The van der Waals surface area contributed by atoms with Crippen LogP contribution in [0.25, 0.3) is 16.7 Å². The highest BCUT2D eigenvalue weighted by atomic mass is 19.1. The minimum absolute atomic E-state index is 0.00487. The number of pyridine rings is 2. The zero-order valence-electron chi connectivity index (χ0n) is 25.4. The maximum atomic E-state index is 15.8. The van der Waals surface area contributed by atoms with Gasteiger partial charge in [-0.15, -0.1) is 0 Å². The van der Waals surface area contributed by atoms with E-state index in [1.54, 1.807) is 24.7 Å². The Labute approximate surface area is 266 Å². The van der Waals surface area contributed by atoms with Crippen LogP contribution in [0.1, 0.15) is 49.8 Å². The number of aliphatic imine (C=N–C) groups is 1. The number of anilines is 2. The van der Waals surface area contributed by atoms with E-state index < -0.39 is 0 Å². The van der Waals surface area contributed by atoms with Crippen LogP contribution < -0.4 is 27.0 Å². The minimum atomic E-state index is -0.376. The van der Waals surface area contributed by atoms with Crippen molar-refractivity contribution in [3.05, 3.63) is 113 Å². The second-order valence-electron chi connectivity index (χ2n) is 12.4. The first kappa shape index (κ1) is 28.2. The maximum Gasteiger partial charge on any atom is 0.227 e. The van der Waals surface area contributed by atoms with Crippen LogP contribution in [-0.4, -0.2) is 40.7 Å². The fourth-order valence-electron chi connectivity index (χ4n) is 7.00. The van der Waals surface area contributed by atoms with Gasteiger partial charge in [0.25, 0.3) is 0 Å². The van der Waals surface area contributed by atoms with Gasteiger partial charge in [-0.3, -0.25) is 19.8 Å². The number of hydrogen-bond donors (Lipinski definition) is 5. The van der Waals surface area contributed by atoms with Gasteiger partial charge in [-0.25, -0.2) is 4.39 Å². The number of amides is 1. The molecule has 10 heteroatoms. The molecule has 9 nitrogen and oxygen atoms in total. The van der Waals surface area contributed by atoms with Gasteiger partial charge in [0.1, 0.15) is 5.82 Å². The van der Waals surface area contributed by atoms with Crippen molar-refractivity contribution in [1.29, 1.82) is 0 Å². The van der Waals surface area contributed by atoms with Crippen LogP contribution in [0.2, 0.25) is 0 Å². The largest absolute Gasteiger partial charge is 0.402 e. The number of hydrogen-bond acceptors (Lipinski definition) is 8. The number of aromatic nitrogens is 2. The van der Waals surface area contributed by atoms with Crippen LogP contribution in [0, 0.1) is 11.7 Å². The van der Waals surface area contributed by atoms with Crippen molar-refractivity contribution in [3.8, 4) is 11.1 Å². The highest BCUT2D eigenvalue weighted by Gasteiger charge is 2.45. The fourth-order valence-corrected chi connectivity index (χ4v) is 7.00. The summed E-state index contributed by atoms with van der Waals surface area (Å²) < 4.78 is 15.8. The van der Waals surface area contributed by atoms with E-state index in [4.69, 9.17) is 10.7 Å². The number of halogens is 1. The lowest BCUT2D eigenvalue weighted by Crippen LogP contribution is -2.28. The number of carbonyl (C=O) groups excluding carboxylic acids is 1. The van der Waals surface area contributed by atoms with E-state index in [-0.39, 0.29) is 23.7 Å². The molecule has 5 heterocycles. The van der Waals surface area contributed by atoms with Gasteiger partial charge in [0, 0.05) is 76.2 Å². The van der Waals surface area contributed by atoms with Crippen molar-refractivity contribution < 1.29 is 9.18 Å². The number of benzodiazepines with no additional fused rings is 1. The van der Waals surface area contributed by atoms with Crippen molar-refractivity contribution in [3.63, 3.8) is 0 Å². The summed E-state index contributed by atoms with van der Waals surface area (Å²) in [6, 6.07) is 11.1. The van der Waals surface area contributed by atoms with Crippen LogP contribution in [0.15, 0.2) is 100 Å². The van der Waals surface area contributed by atoms with E-state index in [9.17, 15) is 4.79 Å². The Kier molecular flexibility index (Phi) is 7.12. The molecular formula is C36H35FN8O. The van der Waals surface area contributed by atoms with Crippen molar-refractivity contribution in [2.24, 2.45) is 16.6 Å². The highest BCUT2D eigenvalue weighted by molar-refractivity contribution is 6.17. The number of fused-ring (bicyclic) bond motifs is 3. The van der Waals surface area contributed by atoms with E-state index in [0.29, 0.717) is 42.0 Å². The van der Waals surface area contributed by atoms with E-state index in [1.807, 2.05) is 36.4 Å². The fraction of sp³-hybridized carbons (Fsp3) is 0.278. The molecule has 0 spiro atoms. The summed E-state index contributed by atoms with van der Waals surface area (Å²) in [6.07, 6.45) is 14.7. The maximum absolute atomic E-state index is 15.8. The molecule has 1 saturated heterocycles. The Bertz CT molecular complexity index is 1900. The van der Waals surface area contributed by atoms with Crippen LogP contribution in [0.5, 0.6) is 0 Å². The molecule has 0 bridgehead atoms. The Morgan fingerprint density at radius 3 is 2.78 bits per heavy atom. The third kappa shape index (κ3) is 5.23. The second-order valence-corrected chi connectivity index (χ2v) is 12.4. The monoisotopic (exact) mass is 614 g/mol. The predicted molar refractivity (Wildman–Crippen MR) is 178 cm³/mol. The molecule has 3 aromatic rings. The number of nitrogens with zero attached hydrogens (tertiary/aromatic N) is 3. The Hall–Kier alpha value is -5.25. The second kappa shape index (κ2) is 11.6. The lowest BCUT2D eigenvalue weighted by atomic mass is 9.88. The first-order valence-electron chi connectivity index (χ1n) is 16.0. The summed E-state index contributed by atoms with van der Waals surface area (Å²) >= 11 is 0. The molecule has 232 valence electrons. The van der Waals surface area contributed by atoms with E-state index in [0.717, 1.165) is 76.6 Å². The standard InChI is InChI=1S/C36H35FN8O/c37-27-17-29-26(16-25(27)21-14-23(19-39-18-21)43-36(46)20-6-2-1-3-7-20)32(42-13-12-41-29)34-35-33(45-35)31-24(28-8-4-5-11-40-28)10-9-22(38)15-30(31)44-34/h4-5,8-11,14,16-20,33,41,44-45H,1-3,6-7,12-13,15,38H2,(H,43,46). The van der Waals surface area contributed by atoms with Crippen molar-refractivity contribution >= 4 is 28.6 Å². The summed E-state index contributed by atoms with van der Waals surface area (Å²) in [5.41, 5.74) is 16.8. The third-order valence-corrected chi connectivity index (χ3v) is 9.33. The van der Waals surface area contributed by atoms with Gasteiger partial charge in [-0.05, 0) is 49.2 Å². The lowest BCUT2D eigenvalue weighted by molar-refractivity contribution is -0.120. The molecule has 1 amide bonds. The molecule has 1 saturated carbocycles. The molecule has 6 N–H and O–H groups in total. The molecule has 1 unspecified atom stereocenters. The number of nitrogens with two attached hydrogens (primary N) is 1. The number of benzene rings is 1. The molecule has 1 atom stereocenters. The molecule has 0 radical (unpaired) electrons. The average molecular weight is 615 g/mol. The summed E-state index contributed by atoms with van der Waals surface area (Å²) in [6.45, 7) is 1.11. The first-order valence-corrected chi connectivity index (χ1v) is 16.0. The van der Waals surface area contributed by atoms with Crippen LogP contribution in [0.4, 0.5) is 15.8 Å². The van der Waals surface area contributed by atoms with Crippen LogP contribution in [0.3, 0.4) is 0 Å². The number of nitrogens with one attached hydrogen (secondary N) is 4. The molecule has 5 aliphatic rings. The van der Waals surface area contributed by atoms with Gasteiger partial charge < -0.3 is 27.0 Å². The first-order chi connectivity index (χ1) is 22.5. The quantitative estimate of drug-likeness (QED) is 0.243. The topological polar surface area (TPSA) is 139 Å². The molecule has 46 heavy (non-hydrogen) atoms. The Balaban J connectivity index is 1.13. The summed E-state index contributed by atoms with van der Waals surface area (Å²) in [5.74, 6) is -0.362. The molecule has 8 rings (SSSR count). The number of dihydropyridines is 1. The Morgan fingerprint density at radius 2 is 1.93 bits per heavy atom. The van der Waals surface area contributed by atoms with Crippen molar-refractivity contribution in [2.75, 3.05) is 23.7 Å². The Morgan fingerprint density at radius 1 is 1.04 bits per heavy atom. The molecular weight excluding hydrogens is 579 g/mol. The number of rotatable bonds is 5. The number of allylic oxidation sites excluding steroid dienone is 3. The predicted octanol–water partition coefficient (Wildman–Crippen LogP) is 5.39. The third-order valence-electron chi connectivity index (χ3n) is 9.33. The average Bonchev–Trinajstić information content (AvgIpc) is 3.91. The molecule has 2 aliphatic carbocycles. The van der Waals surface area contributed by atoms with Gasteiger partial charge in [0.2, 0.25) is 5.91 Å². The minimum Gasteiger partial charge on any atom is -0.402 e. The number of carbonyl (C=O) groups is 1. The smallest absolute Gasteiger partial charge is 0.227 e. The van der Waals surface area contributed by atoms with Gasteiger partial charge in [-0.2, -0.15) is 0 Å². The van der Waals surface area contributed by atoms with Gasteiger partial charge in [0.05, 0.1) is 47.3 Å².